The number of aliphatic imine (C=N–C) groups is 1. The summed E-state index contributed by atoms with van der Waals surface area (Å²) >= 11 is 0. The van der Waals surface area contributed by atoms with Crippen molar-refractivity contribution < 1.29 is 9.53 Å². The summed E-state index contributed by atoms with van der Waals surface area (Å²) < 4.78 is 4.61. The smallest absolute Gasteiger partial charge is 0.305 e. The molecule has 0 fully saturated rings. The Labute approximate surface area is 139 Å². The first-order valence-corrected chi connectivity index (χ1v) is 8.38. The summed E-state index contributed by atoms with van der Waals surface area (Å²) in [6, 6.07) is 8.19. The van der Waals surface area contributed by atoms with Gasteiger partial charge in [-0.2, -0.15) is 0 Å². The molecule has 1 rings (SSSR count). The van der Waals surface area contributed by atoms with Crippen LogP contribution in [-0.2, 0) is 16.0 Å². The Bertz CT molecular complexity index is 501. The number of ether oxygens (including phenoxy) is 1. The molecule has 1 aromatic rings. The molecule has 0 saturated carbocycles. The Morgan fingerprint density at radius 2 is 1.96 bits per heavy atom. The molecular weight excluding hydrogens is 290 g/mol. The van der Waals surface area contributed by atoms with E-state index in [1.165, 1.54) is 12.7 Å². The van der Waals surface area contributed by atoms with Gasteiger partial charge in [-0.25, -0.2) is 0 Å². The number of rotatable bonds is 10. The molecule has 0 aliphatic rings. The van der Waals surface area contributed by atoms with Crippen LogP contribution in [-0.4, -0.2) is 25.6 Å². The summed E-state index contributed by atoms with van der Waals surface area (Å²) in [6.45, 7) is 2.85. The second kappa shape index (κ2) is 11.5. The molecule has 0 saturated heterocycles. The van der Waals surface area contributed by atoms with Gasteiger partial charge in [-0.1, -0.05) is 38.3 Å². The lowest BCUT2D eigenvalue weighted by atomic mass is 10.1. The fourth-order valence-electron chi connectivity index (χ4n) is 2.27. The Balaban J connectivity index is 2.13. The second-order valence-corrected chi connectivity index (χ2v) is 5.54. The standard InChI is InChI=1S/C18H29N3O2/c1-3-15-10-9-11-16(14-15)21-18(19)20-13-8-6-4-5-7-12-17(22)23-2/h9-11,14H,3-8,12-13H2,1-2H3,(H3,19,20,21). The van der Waals surface area contributed by atoms with Crippen molar-refractivity contribution >= 4 is 17.6 Å². The molecular formula is C18H29N3O2. The van der Waals surface area contributed by atoms with E-state index in [0.29, 0.717) is 12.4 Å². The van der Waals surface area contributed by atoms with Crippen molar-refractivity contribution in [2.24, 2.45) is 10.7 Å². The SMILES string of the molecule is CCc1cccc(NC(N)=NCCCCCCCC(=O)OC)c1. The summed E-state index contributed by atoms with van der Waals surface area (Å²) in [7, 11) is 1.43. The Kier molecular flexibility index (Phi) is 9.52. The minimum absolute atomic E-state index is 0.124. The molecule has 128 valence electrons. The largest absolute Gasteiger partial charge is 0.469 e. The maximum Gasteiger partial charge on any atom is 0.305 e. The monoisotopic (exact) mass is 319 g/mol. The number of hydrogen-bond donors (Lipinski definition) is 2. The van der Waals surface area contributed by atoms with Crippen molar-refractivity contribution in [3.8, 4) is 0 Å². The van der Waals surface area contributed by atoms with E-state index in [0.717, 1.165) is 50.8 Å². The van der Waals surface area contributed by atoms with Gasteiger partial charge in [-0.3, -0.25) is 9.79 Å². The number of nitrogens with two attached hydrogens (primary N) is 1. The Hall–Kier alpha value is -2.04. The summed E-state index contributed by atoms with van der Waals surface area (Å²) in [5, 5.41) is 3.12. The highest BCUT2D eigenvalue weighted by atomic mass is 16.5. The van der Waals surface area contributed by atoms with Crippen LogP contribution in [0.3, 0.4) is 0 Å². The van der Waals surface area contributed by atoms with Crippen molar-refractivity contribution in [3.63, 3.8) is 0 Å². The number of unbranched alkanes of at least 4 members (excludes halogenated alkanes) is 4. The van der Waals surface area contributed by atoms with Gasteiger partial charge >= 0.3 is 5.97 Å². The van der Waals surface area contributed by atoms with Crippen LogP contribution in [0.4, 0.5) is 5.69 Å². The van der Waals surface area contributed by atoms with Gasteiger partial charge in [-0.15, -0.1) is 0 Å². The zero-order valence-corrected chi connectivity index (χ0v) is 14.3. The normalized spacial score (nSPS) is 11.3. The quantitative estimate of drug-likeness (QED) is 0.299. The lowest BCUT2D eigenvalue weighted by Crippen LogP contribution is -2.22. The van der Waals surface area contributed by atoms with E-state index < -0.39 is 0 Å². The molecule has 0 amide bonds. The number of nitrogens with one attached hydrogen (secondary N) is 1. The average molecular weight is 319 g/mol. The number of aryl methyl sites for hydroxylation is 1. The molecule has 0 radical (unpaired) electrons. The predicted molar refractivity (Wildman–Crippen MR) is 95.7 cm³/mol. The number of methoxy groups -OCH3 is 1. The molecule has 0 aliphatic heterocycles. The molecule has 0 aromatic heterocycles. The zero-order valence-electron chi connectivity index (χ0n) is 14.3. The maximum absolute atomic E-state index is 11.0. The fourth-order valence-corrected chi connectivity index (χ4v) is 2.27. The summed E-state index contributed by atoms with van der Waals surface area (Å²) in [4.78, 5) is 15.3. The second-order valence-electron chi connectivity index (χ2n) is 5.54. The van der Waals surface area contributed by atoms with Crippen LogP contribution in [0.5, 0.6) is 0 Å². The highest BCUT2D eigenvalue weighted by Gasteiger charge is 1.99. The molecule has 23 heavy (non-hydrogen) atoms. The molecule has 0 atom stereocenters. The predicted octanol–water partition coefficient (Wildman–Crippen LogP) is 3.49. The number of anilines is 1. The number of nitrogens with zero attached hydrogens (tertiary/aromatic N) is 1. The molecule has 1 aromatic carbocycles. The van der Waals surface area contributed by atoms with Crippen LogP contribution in [0.15, 0.2) is 29.3 Å². The highest BCUT2D eigenvalue weighted by Crippen LogP contribution is 2.11. The summed E-state index contributed by atoms with van der Waals surface area (Å²) in [5.41, 5.74) is 8.15. The van der Waals surface area contributed by atoms with Gasteiger partial charge in [0.15, 0.2) is 5.96 Å². The van der Waals surface area contributed by atoms with Crippen molar-refractivity contribution in [3.05, 3.63) is 29.8 Å². The fraction of sp³-hybridized carbons (Fsp3) is 0.556. The van der Waals surface area contributed by atoms with Gasteiger partial charge in [0.2, 0.25) is 0 Å². The molecule has 5 heteroatoms. The number of hydrogen-bond acceptors (Lipinski definition) is 3. The van der Waals surface area contributed by atoms with E-state index in [1.54, 1.807) is 0 Å². The van der Waals surface area contributed by atoms with E-state index in [-0.39, 0.29) is 5.97 Å². The number of carbonyl (C=O) groups excluding carboxylic acids is 1. The third-order valence-electron chi connectivity index (χ3n) is 3.66. The van der Waals surface area contributed by atoms with E-state index in [9.17, 15) is 4.79 Å². The van der Waals surface area contributed by atoms with Crippen molar-refractivity contribution in [1.29, 1.82) is 0 Å². The summed E-state index contributed by atoms with van der Waals surface area (Å²) in [5.74, 6) is 0.338. The Morgan fingerprint density at radius 3 is 2.70 bits per heavy atom. The average Bonchev–Trinajstić information content (AvgIpc) is 2.57. The van der Waals surface area contributed by atoms with Gasteiger partial charge in [0.05, 0.1) is 7.11 Å². The molecule has 0 bridgehead atoms. The van der Waals surface area contributed by atoms with Crippen LogP contribution in [0, 0.1) is 0 Å². The molecule has 3 N–H and O–H groups in total. The van der Waals surface area contributed by atoms with Crippen LogP contribution < -0.4 is 11.1 Å². The minimum atomic E-state index is -0.124. The molecule has 0 spiro atoms. The summed E-state index contributed by atoms with van der Waals surface area (Å²) in [6.07, 6.45) is 6.69. The van der Waals surface area contributed by atoms with E-state index in [4.69, 9.17) is 5.73 Å². The lowest BCUT2D eigenvalue weighted by Gasteiger charge is -2.07. The van der Waals surface area contributed by atoms with Crippen LogP contribution in [0.2, 0.25) is 0 Å². The van der Waals surface area contributed by atoms with Gasteiger partial charge in [0.25, 0.3) is 0 Å². The first-order chi connectivity index (χ1) is 11.2. The van der Waals surface area contributed by atoms with Gasteiger partial charge in [-0.05, 0) is 37.0 Å². The number of esters is 1. The topological polar surface area (TPSA) is 76.7 Å². The maximum atomic E-state index is 11.0. The van der Waals surface area contributed by atoms with Gasteiger partial charge in [0, 0.05) is 18.7 Å². The van der Waals surface area contributed by atoms with Crippen molar-refractivity contribution in [2.45, 2.75) is 51.9 Å². The Morgan fingerprint density at radius 1 is 1.22 bits per heavy atom. The minimum Gasteiger partial charge on any atom is -0.469 e. The van der Waals surface area contributed by atoms with Crippen LogP contribution >= 0.6 is 0 Å². The first-order valence-electron chi connectivity index (χ1n) is 8.38. The zero-order chi connectivity index (χ0) is 16.9. The van der Waals surface area contributed by atoms with E-state index in [1.807, 2.05) is 12.1 Å². The lowest BCUT2D eigenvalue weighted by molar-refractivity contribution is -0.140. The number of guanidine groups is 1. The highest BCUT2D eigenvalue weighted by molar-refractivity contribution is 5.92. The van der Waals surface area contributed by atoms with Crippen LogP contribution in [0.25, 0.3) is 0 Å². The van der Waals surface area contributed by atoms with Crippen molar-refractivity contribution in [2.75, 3.05) is 19.0 Å². The number of carbonyl (C=O) groups is 1. The van der Waals surface area contributed by atoms with Crippen LogP contribution in [0.1, 0.15) is 51.0 Å². The van der Waals surface area contributed by atoms with Gasteiger partial charge < -0.3 is 15.8 Å². The van der Waals surface area contributed by atoms with Crippen molar-refractivity contribution in [1.82, 2.24) is 0 Å². The molecule has 0 aliphatic carbocycles. The third-order valence-corrected chi connectivity index (χ3v) is 3.66. The molecule has 0 heterocycles. The molecule has 0 unspecified atom stereocenters. The van der Waals surface area contributed by atoms with Gasteiger partial charge in [0.1, 0.15) is 0 Å². The molecule has 5 nitrogen and oxygen atoms in total. The number of benzene rings is 1. The third kappa shape index (κ3) is 8.86. The van der Waals surface area contributed by atoms with E-state index in [2.05, 4.69) is 34.1 Å². The van der Waals surface area contributed by atoms with E-state index >= 15 is 0 Å². The first kappa shape index (κ1) is 19.0.